The van der Waals surface area contributed by atoms with Crippen molar-refractivity contribution in [2.24, 2.45) is 11.7 Å². The fraction of sp³-hybridized carbons (Fsp3) is 0.333. The molecule has 3 heteroatoms. The maximum atomic E-state index is 11.9. The normalized spacial score (nSPS) is 23.9. The van der Waals surface area contributed by atoms with E-state index in [4.69, 9.17) is 5.73 Å². The van der Waals surface area contributed by atoms with E-state index >= 15 is 0 Å². The molecule has 1 aromatic carbocycles. The summed E-state index contributed by atoms with van der Waals surface area (Å²) in [6, 6.07) is 7.37. The molecule has 0 bridgehead atoms. The van der Waals surface area contributed by atoms with Gasteiger partial charge in [0.25, 0.3) is 0 Å². The van der Waals surface area contributed by atoms with Gasteiger partial charge in [-0.3, -0.25) is 9.59 Å². The van der Waals surface area contributed by atoms with Gasteiger partial charge in [0, 0.05) is 11.5 Å². The largest absolute Gasteiger partial charge is 0.369 e. The Morgan fingerprint density at radius 2 is 2.07 bits per heavy atom. The van der Waals surface area contributed by atoms with Gasteiger partial charge < -0.3 is 5.73 Å². The van der Waals surface area contributed by atoms with Crippen molar-refractivity contribution in [2.75, 3.05) is 0 Å². The van der Waals surface area contributed by atoms with Crippen LogP contribution in [0, 0.1) is 5.92 Å². The highest BCUT2D eigenvalue weighted by atomic mass is 16.2. The molecule has 1 aromatic rings. The first-order valence-corrected chi connectivity index (χ1v) is 5.09. The molecule has 0 spiro atoms. The van der Waals surface area contributed by atoms with Gasteiger partial charge in [-0.25, -0.2) is 0 Å². The van der Waals surface area contributed by atoms with E-state index in [0.717, 1.165) is 12.0 Å². The maximum absolute atomic E-state index is 11.9. The predicted octanol–water partition coefficient (Wildman–Crippen LogP) is 1.48. The molecule has 0 radical (unpaired) electrons. The van der Waals surface area contributed by atoms with Gasteiger partial charge >= 0.3 is 0 Å². The van der Waals surface area contributed by atoms with Gasteiger partial charge in [0.05, 0.1) is 0 Å². The zero-order valence-electron chi connectivity index (χ0n) is 8.57. The Labute approximate surface area is 88.3 Å². The number of hydrogen-bond donors (Lipinski definition) is 1. The first-order valence-electron chi connectivity index (χ1n) is 5.09. The van der Waals surface area contributed by atoms with Crippen molar-refractivity contribution in [1.82, 2.24) is 0 Å². The van der Waals surface area contributed by atoms with Gasteiger partial charge in [0.2, 0.25) is 5.91 Å². The highest BCUT2D eigenvalue weighted by Crippen LogP contribution is 2.39. The lowest BCUT2D eigenvalue weighted by Crippen LogP contribution is -2.30. The number of carbonyl (C=O) groups is 2. The summed E-state index contributed by atoms with van der Waals surface area (Å²) >= 11 is 0. The van der Waals surface area contributed by atoms with E-state index in [9.17, 15) is 9.59 Å². The van der Waals surface area contributed by atoms with Crippen LogP contribution in [0.5, 0.6) is 0 Å². The summed E-state index contributed by atoms with van der Waals surface area (Å²) in [6.45, 7) is 1.97. The molecule has 1 amide bonds. The number of fused-ring (bicyclic) bond motifs is 1. The molecule has 0 heterocycles. The van der Waals surface area contributed by atoms with Crippen LogP contribution in [0.2, 0.25) is 0 Å². The minimum atomic E-state index is -0.660. The summed E-state index contributed by atoms with van der Waals surface area (Å²) in [6.07, 6.45) is 0.760. The zero-order valence-corrected chi connectivity index (χ0v) is 8.57. The van der Waals surface area contributed by atoms with Gasteiger partial charge in [-0.1, -0.05) is 31.2 Å². The zero-order chi connectivity index (χ0) is 11.0. The molecule has 0 saturated carbocycles. The standard InChI is InChI=1S/C12H13NO2/c1-2-7-8-5-3-4-6-9(8)11(14)10(7)12(13)15/h3-7,10H,2H2,1H3,(H2,13,15)/t7-,10+/m0/s1. The van der Waals surface area contributed by atoms with Gasteiger partial charge in [-0.15, -0.1) is 0 Å². The van der Waals surface area contributed by atoms with E-state index in [2.05, 4.69) is 0 Å². The van der Waals surface area contributed by atoms with E-state index in [0.29, 0.717) is 5.56 Å². The molecule has 2 rings (SSSR count). The van der Waals surface area contributed by atoms with Crippen molar-refractivity contribution in [1.29, 1.82) is 0 Å². The maximum Gasteiger partial charge on any atom is 0.229 e. The minimum absolute atomic E-state index is 0.0359. The number of carbonyl (C=O) groups excluding carboxylic acids is 2. The van der Waals surface area contributed by atoms with Crippen LogP contribution in [0.15, 0.2) is 24.3 Å². The molecule has 1 aliphatic rings. The number of nitrogens with two attached hydrogens (primary N) is 1. The molecule has 0 fully saturated rings. The summed E-state index contributed by atoms with van der Waals surface area (Å²) in [5.74, 6) is -1.33. The summed E-state index contributed by atoms with van der Waals surface area (Å²) in [7, 11) is 0. The van der Waals surface area contributed by atoms with E-state index < -0.39 is 11.8 Å². The van der Waals surface area contributed by atoms with Crippen molar-refractivity contribution in [2.45, 2.75) is 19.3 Å². The molecule has 78 valence electrons. The van der Waals surface area contributed by atoms with Crippen molar-refractivity contribution in [3.8, 4) is 0 Å². The second-order valence-electron chi connectivity index (χ2n) is 3.85. The number of ketones is 1. The fourth-order valence-electron chi connectivity index (χ4n) is 2.36. The van der Waals surface area contributed by atoms with E-state index in [1.54, 1.807) is 6.07 Å². The van der Waals surface area contributed by atoms with Crippen molar-refractivity contribution in [3.63, 3.8) is 0 Å². The average molecular weight is 203 g/mol. The summed E-state index contributed by atoms with van der Waals surface area (Å²) in [4.78, 5) is 23.2. The molecule has 0 aromatic heterocycles. The number of benzene rings is 1. The lowest BCUT2D eigenvalue weighted by molar-refractivity contribution is -0.120. The third kappa shape index (κ3) is 1.35. The van der Waals surface area contributed by atoms with Crippen LogP contribution >= 0.6 is 0 Å². The average Bonchev–Trinajstić information content (AvgIpc) is 2.52. The Morgan fingerprint density at radius 1 is 1.40 bits per heavy atom. The quantitative estimate of drug-likeness (QED) is 0.740. The van der Waals surface area contributed by atoms with Crippen LogP contribution in [-0.2, 0) is 4.79 Å². The topological polar surface area (TPSA) is 60.2 Å². The smallest absolute Gasteiger partial charge is 0.229 e. The molecular formula is C12H13NO2. The van der Waals surface area contributed by atoms with Crippen molar-refractivity contribution in [3.05, 3.63) is 35.4 Å². The van der Waals surface area contributed by atoms with Crippen LogP contribution in [0.3, 0.4) is 0 Å². The van der Waals surface area contributed by atoms with Crippen LogP contribution in [0.1, 0.15) is 35.2 Å². The van der Waals surface area contributed by atoms with Crippen LogP contribution in [0.25, 0.3) is 0 Å². The Balaban J connectivity index is 2.53. The number of hydrogen-bond acceptors (Lipinski definition) is 2. The highest BCUT2D eigenvalue weighted by Gasteiger charge is 2.41. The lowest BCUT2D eigenvalue weighted by atomic mass is 9.89. The van der Waals surface area contributed by atoms with E-state index in [1.165, 1.54) is 0 Å². The SMILES string of the molecule is CC[C@H]1c2ccccc2C(=O)[C@@H]1C(N)=O. The monoisotopic (exact) mass is 203 g/mol. The lowest BCUT2D eigenvalue weighted by Gasteiger charge is -2.13. The first kappa shape index (κ1) is 9.90. The fourth-order valence-corrected chi connectivity index (χ4v) is 2.36. The van der Waals surface area contributed by atoms with Gasteiger partial charge in [-0.05, 0) is 12.0 Å². The molecule has 15 heavy (non-hydrogen) atoms. The Hall–Kier alpha value is -1.64. The molecule has 2 N–H and O–H groups in total. The highest BCUT2D eigenvalue weighted by molar-refractivity contribution is 6.14. The van der Waals surface area contributed by atoms with Gasteiger partial charge in [-0.2, -0.15) is 0 Å². The first-order chi connectivity index (χ1) is 7.16. The van der Waals surface area contributed by atoms with E-state index in [-0.39, 0.29) is 11.7 Å². The van der Waals surface area contributed by atoms with Crippen LogP contribution in [-0.4, -0.2) is 11.7 Å². The number of Topliss-reactive ketones (excluding diaryl/α,β-unsaturated/α-hetero) is 1. The number of amides is 1. The van der Waals surface area contributed by atoms with Crippen LogP contribution < -0.4 is 5.73 Å². The molecule has 0 saturated heterocycles. The second-order valence-corrected chi connectivity index (χ2v) is 3.85. The molecule has 0 aliphatic heterocycles. The summed E-state index contributed by atoms with van der Waals surface area (Å²) < 4.78 is 0. The van der Waals surface area contributed by atoms with Crippen molar-refractivity contribution < 1.29 is 9.59 Å². The van der Waals surface area contributed by atoms with Gasteiger partial charge in [0.1, 0.15) is 5.92 Å². The third-order valence-corrected chi connectivity index (χ3v) is 3.06. The molecular weight excluding hydrogens is 190 g/mol. The molecule has 0 unspecified atom stereocenters. The summed E-state index contributed by atoms with van der Waals surface area (Å²) in [5, 5.41) is 0. The predicted molar refractivity (Wildman–Crippen MR) is 56.5 cm³/mol. The molecule has 1 aliphatic carbocycles. The Morgan fingerprint density at radius 3 is 2.67 bits per heavy atom. The minimum Gasteiger partial charge on any atom is -0.369 e. The molecule has 2 atom stereocenters. The van der Waals surface area contributed by atoms with Crippen LogP contribution in [0.4, 0.5) is 0 Å². The summed E-state index contributed by atoms with van der Waals surface area (Å²) in [5.41, 5.74) is 6.90. The third-order valence-electron chi connectivity index (χ3n) is 3.06. The van der Waals surface area contributed by atoms with Gasteiger partial charge in [0.15, 0.2) is 5.78 Å². The number of rotatable bonds is 2. The van der Waals surface area contributed by atoms with E-state index in [1.807, 2.05) is 25.1 Å². The number of primary amides is 1. The Kier molecular flexibility index (Phi) is 2.31. The van der Waals surface area contributed by atoms with Crippen molar-refractivity contribution >= 4 is 11.7 Å². The Bertz CT molecular complexity index is 425. The molecule has 3 nitrogen and oxygen atoms in total. The second kappa shape index (κ2) is 3.50.